The average Bonchev–Trinajstić information content (AvgIpc) is 2.94. The van der Waals surface area contributed by atoms with Crippen LogP contribution < -0.4 is 5.32 Å². The zero-order valence-electron chi connectivity index (χ0n) is 26.3. The Labute approximate surface area is 257 Å². The topological polar surface area (TPSA) is 104 Å². The van der Waals surface area contributed by atoms with Crippen molar-refractivity contribution in [3.8, 4) is 0 Å². The second-order valence-electron chi connectivity index (χ2n) is 10.7. The first-order chi connectivity index (χ1) is 20.3. The Hall–Kier alpha value is -2.22. The molecule has 0 aliphatic rings. The molecule has 0 spiro atoms. The molecule has 2 unspecified atom stereocenters. The molecular formula is C35H59NO5S. The van der Waals surface area contributed by atoms with Gasteiger partial charge in [0.25, 0.3) is 10.1 Å². The zero-order valence-corrected chi connectivity index (χ0v) is 27.2. The fourth-order valence-corrected chi connectivity index (χ4v) is 5.06. The number of hydrogen-bond acceptors (Lipinski definition) is 4. The Kier molecular flexibility index (Phi) is 27.4. The summed E-state index contributed by atoms with van der Waals surface area (Å²) in [6.07, 6.45) is 40.1. The SMILES string of the molecule is CC/C=C\C/C=C\C/C=C\C/C=C\C/C=C\C/C=C\CCC(=O)NC(CS(=O)(=O)O)C(O)CCCCCCCCCC. The number of hydrogen-bond donors (Lipinski definition) is 3. The Bertz CT molecular complexity index is 931. The third-order valence-corrected chi connectivity index (χ3v) is 7.47. The summed E-state index contributed by atoms with van der Waals surface area (Å²) < 4.78 is 32.2. The highest BCUT2D eigenvalue weighted by molar-refractivity contribution is 7.85. The summed E-state index contributed by atoms with van der Waals surface area (Å²) in [5.41, 5.74) is 0. The van der Waals surface area contributed by atoms with Gasteiger partial charge in [-0.2, -0.15) is 8.42 Å². The smallest absolute Gasteiger partial charge is 0.266 e. The van der Waals surface area contributed by atoms with E-state index >= 15 is 0 Å². The van der Waals surface area contributed by atoms with Gasteiger partial charge >= 0.3 is 0 Å². The lowest BCUT2D eigenvalue weighted by atomic mass is 10.0. The Balaban J connectivity index is 4.14. The first kappa shape index (κ1) is 39.8. The number of aliphatic hydroxyl groups excluding tert-OH is 1. The Morgan fingerprint density at radius 1 is 0.667 bits per heavy atom. The van der Waals surface area contributed by atoms with Crippen molar-refractivity contribution in [3.05, 3.63) is 72.9 Å². The van der Waals surface area contributed by atoms with Gasteiger partial charge in [0.2, 0.25) is 5.91 Å². The minimum atomic E-state index is -4.33. The van der Waals surface area contributed by atoms with Crippen LogP contribution in [0.3, 0.4) is 0 Å². The minimum Gasteiger partial charge on any atom is -0.391 e. The van der Waals surface area contributed by atoms with Crippen LogP contribution in [0.1, 0.15) is 123 Å². The van der Waals surface area contributed by atoms with Crippen molar-refractivity contribution in [1.29, 1.82) is 0 Å². The molecule has 0 bridgehead atoms. The van der Waals surface area contributed by atoms with Crippen LogP contribution in [0, 0.1) is 0 Å². The molecule has 3 N–H and O–H groups in total. The van der Waals surface area contributed by atoms with Crippen molar-refractivity contribution in [2.24, 2.45) is 0 Å². The molecule has 6 nitrogen and oxygen atoms in total. The lowest BCUT2D eigenvalue weighted by molar-refractivity contribution is -0.122. The Morgan fingerprint density at radius 3 is 1.55 bits per heavy atom. The van der Waals surface area contributed by atoms with E-state index in [-0.39, 0.29) is 12.3 Å². The third kappa shape index (κ3) is 29.3. The summed E-state index contributed by atoms with van der Waals surface area (Å²) >= 11 is 0. The molecule has 0 aromatic carbocycles. The fraction of sp³-hybridized carbons (Fsp3) is 0.629. The summed E-state index contributed by atoms with van der Waals surface area (Å²) in [5.74, 6) is -1.02. The minimum absolute atomic E-state index is 0.189. The molecule has 0 fully saturated rings. The molecule has 0 saturated heterocycles. The van der Waals surface area contributed by atoms with Crippen molar-refractivity contribution < 1.29 is 22.9 Å². The molecule has 0 aliphatic heterocycles. The van der Waals surface area contributed by atoms with Crippen molar-refractivity contribution in [2.75, 3.05) is 5.75 Å². The van der Waals surface area contributed by atoms with Crippen LogP contribution in [0.4, 0.5) is 0 Å². The van der Waals surface area contributed by atoms with E-state index in [0.29, 0.717) is 12.8 Å². The molecule has 0 aliphatic carbocycles. The third-order valence-electron chi connectivity index (χ3n) is 6.69. The summed E-state index contributed by atoms with van der Waals surface area (Å²) in [6.45, 7) is 4.33. The Morgan fingerprint density at radius 2 is 1.10 bits per heavy atom. The van der Waals surface area contributed by atoms with Crippen LogP contribution in [0.25, 0.3) is 0 Å². The predicted octanol–water partition coefficient (Wildman–Crippen LogP) is 8.73. The quantitative estimate of drug-likeness (QED) is 0.0493. The van der Waals surface area contributed by atoms with Gasteiger partial charge in [0.05, 0.1) is 17.9 Å². The second kappa shape index (κ2) is 28.9. The molecule has 0 heterocycles. The molecule has 0 saturated carbocycles. The maximum absolute atomic E-state index is 12.4. The summed E-state index contributed by atoms with van der Waals surface area (Å²) in [4.78, 5) is 12.4. The molecule has 0 aromatic rings. The van der Waals surface area contributed by atoms with Gasteiger partial charge in [-0.3, -0.25) is 9.35 Å². The molecule has 7 heteroatoms. The van der Waals surface area contributed by atoms with E-state index in [4.69, 9.17) is 0 Å². The molecule has 0 aromatic heterocycles. The lowest BCUT2D eigenvalue weighted by Crippen LogP contribution is -2.47. The van der Waals surface area contributed by atoms with Gasteiger partial charge in [0.1, 0.15) is 0 Å². The van der Waals surface area contributed by atoms with Gasteiger partial charge in [0, 0.05) is 6.42 Å². The molecule has 240 valence electrons. The van der Waals surface area contributed by atoms with E-state index in [2.05, 4.69) is 79.9 Å². The molecule has 2 atom stereocenters. The van der Waals surface area contributed by atoms with Gasteiger partial charge in [-0.05, 0) is 51.4 Å². The number of unbranched alkanes of at least 4 members (excludes halogenated alkanes) is 7. The van der Waals surface area contributed by atoms with Gasteiger partial charge in [-0.15, -0.1) is 0 Å². The van der Waals surface area contributed by atoms with Crippen molar-refractivity contribution in [1.82, 2.24) is 5.32 Å². The maximum atomic E-state index is 12.4. The summed E-state index contributed by atoms with van der Waals surface area (Å²) in [5, 5.41) is 13.1. The highest BCUT2D eigenvalue weighted by Crippen LogP contribution is 2.13. The number of amides is 1. The first-order valence-corrected chi connectivity index (χ1v) is 17.7. The number of aliphatic hydroxyl groups is 1. The van der Waals surface area contributed by atoms with Gasteiger partial charge < -0.3 is 10.4 Å². The van der Waals surface area contributed by atoms with E-state index in [0.717, 1.165) is 64.2 Å². The van der Waals surface area contributed by atoms with E-state index in [1.54, 1.807) is 0 Å². The predicted molar refractivity (Wildman–Crippen MR) is 179 cm³/mol. The number of nitrogens with one attached hydrogen (secondary N) is 1. The number of allylic oxidation sites excluding steroid dienone is 12. The van der Waals surface area contributed by atoms with Crippen LogP contribution >= 0.6 is 0 Å². The highest BCUT2D eigenvalue weighted by Gasteiger charge is 2.25. The molecule has 42 heavy (non-hydrogen) atoms. The monoisotopic (exact) mass is 605 g/mol. The molecule has 0 radical (unpaired) electrons. The van der Waals surface area contributed by atoms with Gasteiger partial charge in [-0.25, -0.2) is 0 Å². The first-order valence-electron chi connectivity index (χ1n) is 16.1. The van der Waals surface area contributed by atoms with E-state index in [9.17, 15) is 22.9 Å². The summed E-state index contributed by atoms with van der Waals surface area (Å²) in [7, 11) is -4.33. The molecule has 1 amide bonds. The standard InChI is InChI=1S/C35H59NO5S/c1-3-5-7-9-11-13-14-15-16-17-18-19-20-21-22-23-25-27-29-31-35(38)36-33(32-42(39,40)41)34(37)30-28-26-24-12-10-8-6-4-2/h5,7,11,13,15-16,18-19,21-22,25,27,33-34,37H,3-4,6,8-10,12,14,17,20,23-24,26,28-32H2,1-2H3,(H,36,38)(H,39,40,41)/b7-5-,13-11-,16-15-,19-18-,22-21-,27-25-. The zero-order chi connectivity index (χ0) is 31.2. The largest absolute Gasteiger partial charge is 0.391 e. The van der Waals surface area contributed by atoms with Crippen LogP contribution in [-0.2, 0) is 14.9 Å². The second-order valence-corrected chi connectivity index (χ2v) is 12.2. The molecule has 0 rings (SSSR count). The number of rotatable bonds is 27. The highest BCUT2D eigenvalue weighted by atomic mass is 32.2. The average molecular weight is 606 g/mol. The van der Waals surface area contributed by atoms with Crippen molar-refractivity contribution in [3.63, 3.8) is 0 Å². The van der Waals surface area contributed by atoms with Crippen LogP contribution in [0.5, 0.6) is 0 Å². The summed E-state index contributed by atoms with van der Waals surface area (Å²) in [6, 6.07) is -1.01. The molecular weight excluding hydrogens is 546 g/mol. The van der Waals surface area contributed by atoms with Crippen molar-refractivity contribution in [2.45, 2.75) is 135 Å². The lowest BCUT2D eigenvalue weighted by Gasteiger charge is -2.23. The van der Waals surface area contributed by atoms with Gasteiger partial charge in [0.15, 0.2) is 0 Å². The van der Waals surface area contributed by atoms with E-state index in [1.165, 1.54) is 25.7 Å². The number of carbonyl (C=O) groups is 1. The van der Waals surface area contributed by atoms with Crippen LogP contribution in [0.2, 0.25) is 0 Å². The van der Waals surface area contributed by atoms with E-state index < -0.39 is 28.0 Å². The fourth-order valence-electron chi connectivity index (χ4n) is 4.30. The normalized spacial score (nSPS) is 14.5. The number of carbonyl (C=O) groups excluding carboxylic acids is 1. The van der Waals surface area contributed by atoms with Crippen molar-refractivity contribution >= 4 is 16.0 Å². The van der Waals surface area contributed by atoms with E-state index in [1.807, 2.05) is 12.2 Å². The maximum Gasteiger partial charge on any atom is 0.266 e. The van der Waals surface area contributed by atoms with Crippen LogP contribution in [0.15, 0.2) is 72.9 Å². The van der Waals surface area contributed by atoms with Gasteiger partial charge in [-0.1, -0.05) is 138 Å². The van der Waals surface area contributed by atoms with Crippen LogP contribution in [-0.4, -0.2) is 41.9 Å².